The van der Waals surface area contributed by atoms with E-state index in [1.54, 1.807) is 12.1 Å². The fourth-order valence-corrected chi connectivity index (χ4v) is 5.10. The van der Waals surface area contributed by atoms with Gasteiger partial charge in [0.15, 0.2) is 0 Å². The topological polar surface area (TPSA) is 69.7 Å². The standard InChI is InChI=1S/C21H27N3O3S/c1-15-5-7-19(8-6-15)22-21(25)14-24-10-9-23(28(24,26)27)13-20-17(3)11-16(2)12-18(20)4/h5-8,11-12H,9-10,13-14H2,1-4H3,(H,22,25). The minimum atomic E-state index is -3.66. The number of carbonyl (C=O) groups excluding carboxylic acids is 1. The summed E-state index contributed by atoms with van der Waals surface area (Å²) >= 11 is 0. The van der Waals surface area contributed by atoms with Crippen LogP contribution in [-0.2, 0) is 21.5 Å². The molecule has 150 valence electrons. The van der Waals surface area contributed by atoms with Gasteiger partial charge in [0.2, 0.25) is 5.91 Å². The van der Waals surface area contributed by atoms with Crippen molar-refractivity contribution in [2.45, 2.75) is 34.2 Å². The Morgan fingerprint density at radius 3 is 2.11 bits per heavy atom. The molecule has 2 aromatic carbocycles. The lowest BCUT2D eigenvalue weighted by Gasteiger charge is -2.20. The second kappa shape index (κ2) is 8.03. The Kier molecular flexibility index (Phi) is 5.88. The minimum absolute atomic E-state index is 0.182. The van der Waals surface area contributed by atoms with Crippen molar-refractivity contribution in [3.8, 4) is 0 Å². The van der Waals surface area contributed by atoms with Crippen LogP contribution in [0, 0.1) is 27.7 Å². The summed E-state index contributed by atoms with van der Waals surface area (Å²) in [6.45, 7) is 8.85. The van der Waals surface area contributed by atoms with E-state index in [2.05, 4.69) is 17.4 Å². The lowest BCUT2D eigenvalue weighted by molar-refractivity contribution is -0.116. The Balaban J connectivity index is 1.67. The number of aryl methyl sites for hydroxylation is 4. The number of nitrogens with one attached hydrogen (secondary N) is 1. The molecule has 1 aliphatic rings. The highest BCUT2D eigenvalue weighted by atomic mass is 32.2. The van der Waals surface area contributed by atoms with Gasteiger partial charge >= 0.3 is 0 Å². The maximum Gasteiger partial charge on any atom is 0.282 e. The Morgan fingerprint density at radius 1 is 0.929 bits per heavy atom. The third-order valence-electron chi connectivity index (χ3n) is 5.08. The summed E-state index contributed by atoms with van der Waals surface area (Å²) in [5.74, 6) is -0.336. The van der Waals surface area contributed by atoms with E-state index in [-0.39, 0.29) is 12.5 Å². The van der Waals surface area contributed by atoms with E-state index in [1.165, 1.54) is 8.61 Å². The largest absolute Gasteiger partial charge is 0.325 e. The van der Waals surface area contributed by atoms with Crippen LogP contribution in [0.2, 0.25) is 0 Å². The van der Waals surface area contributed by atoms with Gasteiger partial charge in [-0.25, -0.2) is 0 Å². The second-order valence-electron chi connectivity index (χ2n) is 7.47. The van der Waals surface area contributed by atoms with Gasteiger partial charge in [-0.2, -0.15) is 17.0 Å². The number of carbonyl (C=O) groups is 1. The average Bonchev–Trinajstić information content (AvgIpc) is 2.87. The molecule has 0 aromatic heterocycles. The van der Waals surface area contributed by atoms with Gasteiger partial charge in [0, 0.05) is 25.3 Å². The molecule has 0 atom stereocenters. The maximum absolute atomic E-state index is 12.9. The van der Waals surface area contributed by atoms with Gasteiger partial charge < -0.3 is 5.32 Å². The summed E-state index contributed by atoms with van der Waals surface area (Å²) < 4.78 is 28.5. The minimum Gasteiger partial charge on any atom is -0.325 e. The molecule has 0 spiro atoms. The molecule has 1 aliphatic heterocycles. The number of anilines is 1. The zero-order valence-electron chi connectivity index (χ0n) is 16.8. The van der Waals surface area contributed by atoms with Crippen LogP contribution >= 0.6 is 0 Å². The number of hydrogen-bond donors (Lipinski definition) is 1. The highest BCUT2D eigenvalue weighted by molar-refractivity contribution is 7.87. The van der Waals surface area contributed by atoms with Crippen LogP contribution in [0.4, 0.5) is 5.69 Å². The number of hydrogen-bond acceptors (Lipinski definition) is 3. The second-order valence-corrected chi connectivity index (χ2v) is 9.39. The van der Waals surface area contributed by atoms with Crippen LogP contribution in [0.1, 0.15) is 27.8 Å². The van der Waals surface area contributed by atoms with Crippen LogP contribution in [0.5, 0.6) is 0 Å². The first kappa shape index (κ1) is 20.5. The average molecular weight is 402 g/mol. The highest BCUT2D eigenvalue weighted by Crippen LogP contribution is 2.24. The zero-order valence-corrected chi connectivity index (χ0v) is 17.6. The molecule has 0 radical (unpaired) electrons. The Morgan fingerprint density at radius 2 is 1.50 bits per heavy atom. The van der Waals surface area contributed by atoms with Crippen molar-refractivity contribution >= 4 is 21.8 Å². The molecule has 3 rings (SSSR count). The van der Waals surface area contributed by atoms with Crippen molar-refractivity contribution in [1.29, 1.82) is 0 Å². The van der Waals surface area contributed by atoms with Crippen LogP contribution in [0.3, 0.4) is 0 Å². The van der Waals surface area contributed by atoms with E-state index < -0.39 is 10.2 Å². The van der Waals surface area contributed by atoms with Gasteiger partial charge in [0.05, 0.1) is 6.54 Å². The van der Waals surface area contributed by atoms with Crippen molar-refractivity contribution in [2.24, 2.45) is 0 Å². The third-order valence-corrected chi connectivity index (χ3v) is 7.01. The van der Waals surface area contributed by atoms with Crippen LogP contribution in [0.15, 0.2) is 36.4 Å². The SMILES string of the molecule is Cc1ccc(NC(=O)CN2CCN(Cc3c(C)cc(C)cc3C)S2(=O)=O)cc1. The molecule has 1 heterocycles. The molecule has 1 amide bonds. The molecule has 0 unspecified atom stereocenters. The number of amides is 1. The van der Waals surface area contributed by atoms with Crippen molar-refractivity contribution < 1.29 is 13.2 Å². The van der Waals surface area contributed by atoms with Crippen molar-refractivity contribution in [3.63, 3.8) is 0 Å². The summed E-state index contributed by atoms with van der Waals surface area (Å²) in [5, 5.41) is 2.76. The Labute approximate surface area is 167 Å². The van der Waals surface area contributed by atoms with Gasteiger partial charge in [0.1, 0.15) is 0 Å². The fraction of sp³-hybridized carbons (Fsp3) is 0.381. The molecule has 2 aromatic rings. The van der Waals surface area contributed by atoms with E-state index >= 15 is 0 Å². The summed E-state index contributed by atoms with van der Waals surface area (Å²) in [4.78, 5) is 12.3. The van der Waals surface area contributed by atoms with Crippen molar-refractivity contribution in [1.82, 2.24) is 8.61 Å². The van der Waals surface area contributed by atoms with E-state index in [1.807, 2.05) is 39.8 Å². The van der Waals surface area contributed by atoms with Crippen LogP contribution in [-0.4, -0.2) is 42.6 Å². The molecule has 0 aliphatic carbocycles. The normalized spacial score (nSPS) is 17.0. The number of rotatable bonds is 5. The van der Waals surface area contributed by atoms with E-state index in [0.29, 0.717) is 25.3 Å². The summed E-state index contributed by atoms with van der Waals surface area (Å²) in [6, 6.07) is 11.5. The molecule has 0 saturated carbocycles. The van der Waals surface area contributed by atoms with Gasteiger partial charge in [-0.05, 0) is 56.5 Å². The summed E-state index contributed by atoms with van der Waals surface area (Å²) in [7, 11) is -3.66. The van der Waals surface area contributed by atoms with Crippen LogP contribution < -0.4 is 5.32 Å². The number of nitrogens with zero attached hydrogens (tertiary/aromatic N) is 2. The molecule has 6 nitrogen and oxygen atoms in total. The van der Waals surface area contributed by atoms with Crippen molar-refractivity contribution in [2.75, 3.05) is 25.0 Å². The van der Waals surface area contributed by atoms with Crippen LogP contribution in [0.25, 0.3) is 0 Å². The van der Waals surface area contributed by atoms with Crippen molar-refractivity contribution in [3.05, 3.63) is 64.2 Å². The quantitative estimate of drug-likeness (QED) is 0.838. The molecular formula is C21H27N3O3S. The first-order chi connectivity index (χ1) is 13.2. The van der Waals surface area contributed by atoms with E-state index in [0.717, 1.165) is 27.8 Å². The monoisotopic (exact) mass is 401 g/mol. The predicted molar refractivity (Wildman–Crippen MR) is 111 cm³/mol. The van der Waals surface area contributed by atoms with Gasteiger partial charge in [-0.1, -0.05) is 35.4 Å². The van der Waals surface area contributed by atoms with Gasteiger partial charge in [0.25, 0.3) is 10.2 Å². The predicted octanol–water partition coefficient (Wildman–Crippen LogP) is 2.92. The molecular weight excluding hydrogens is 374 g/mol. The first-order valence-electron chi connectivity index (χ1n) is 9.35. The van der Waals surface area contributed by atoms with E-state index in [4.69, 9.17) is 0 Å². The maximum atomic E-state index is 12.9. The Hall–Kier alpha value is -2.22. The van der Waals surface area contributed by atoms with E-state index in [9.17, 15) is 13.2 Å². The van der Waals surface area contributed by atoms with Gasteiger partial charge in [-0.15, -0.1) is 0 Å². The third kappa shape index (κ3) is 4.43. The molecule has 28 heavy (non-hydrogen) atoms. The lowest BCUT2D eigenvalue weighted by Crippen LogP contribution is -2.38. The summed E-state index contributed by atoms with van der Waals surface area (Å²) in [6.07, 6.45) is 0. The molecule has 7 heteroatoms. The smallest absolute Gasteiger partial charge is 0.282 e. The lowest BCUT2D eigenvalue weighted by atomic mass is 10.00. The molecule has 1 fully saturated rings. The Bertz CT molecular complexity index is 961. The molecule has 1 N–H and O–H groups in total. The number of benzene rings is 2. The van der Waals surface area contributed by atoms with Gasteiger partial charge in [-0.3, -0.25) is 4.79 Å². The summed E-state index contributed by atoms with van der Waals surface area (Å²) in [5.41, 5.74) is 6.12. The highest BCUT2D eigenvalue weighted by Gasteiger charge is 2.37. The molecule has 1 saturated heterocycles. The first-order valence-corrected chi connectivity index (χ1v) is 10.7. The zero-order chi connectivity index (χ0) is 20.5. The fourth-order valence-electron chi connectivity index (χ4n) is 3.57. The molecule has 0 bridgehead atoms.